The molecule has 0 radical (unpaired) electrons. The third-order valence-corrected chi connectivity index (χ3v) is 2.39. The quantitative estimate of drug-likeness (QED) is 0.702. The molecule has 0 bridgehead atoms. The molecule has 0 fully saturated rings. The first-order valence-electron chi connectivity index (χ1n) is 5.69. The minimum absolute atomic E-state index is 0.0365. The summed E-state index contributed by atoms with van der Waals surface area (Å²) in [5.41, 5.74) is 0.371. The molecule has 1 heterocycles. The third-order valence-electron chi connectivity index (χ3n) is 2.39. The van der Waals surface area contributed by atoms with E-state index in [4.69, 9.17) is 0 Å². The lowest BCUT2D eigenvalue weighted by Gasteiger charge is -2.11. The smallest absolute Gasteiger partial charge is 0.241 e. The Labute approximate surface area is 104 Å². The molecule has 98 valence electrons. The molecule has 5 heteroatoms. The SMILES string of the molecule is CC.Cc1cc(C(F)(F)F)c2ncnc(C)c2c1. The van der Waals surface area contributed by atoms with Crippen molar-refractivity contribution in [1.82, 2.24) is 9.97 Å². The van der Waals surface area contributed by atoms with Crippen molar-refractivity contribution < 1.29 is 13.2 Å². The van der Waals surface area contributed by atoms with Gasteiger partial charge in [0.05, 0.1) is 11.1 Å². The maximum absolute atomic E-state index is 12.8. The number of halogens is 3. The first-order valence-corrected chi connectivity index (χ1v) is 5.69. The fourth-order valence-electron chi connectivity index (χ4n) is 1.65. The fraction of sp³-hybridized carbons (Fsp3) is 0.385. The van der Waals surface area contributed by atoms with E-state index >= 15 is 0 Å². The Balaban J connectivity index is 0.000000771. The molecule has 0 saturated carbocycles. The minimum atomic E-state index is -4.38. The van der Waals surface area contributed by atoms with Crippen LogP contribution in [-0.2, 0) is 6.18 Å². The zero-order valence-electron chi connectivity index (χ0n) is 10.8. The number of alkyl halides is 3. The number of nitrogens with zero attached hydrogens (tertiary/aromatic N) is 2. The monoisotopic (exact) mass is 256 g/mol. The van der Waals surface area contributed by atoms with Crippen LogP contribution in [0.2, 0.25) is 0 Å². The van der Waals surface area contributed by atoms with E-state index in [0.29, 0.717) is 16.6 Å². The highest BCUT2D eigenvalue weighted by atomic mass is 19.4. The summed E-state index contributed by atoms with van der Waals surface area (Å²) in [6.07, 6.45) is -3.23. The van der Waals surface area contributed by atoms with Gasteiger partial charge in [0.25, 0.3) is 0 Å². The van der Waals surface area contributed by atoms with Crippen molar-refractivity contribution in [2.75, 3.05) is 0 Å². The van der Waals surface area contributed by atoms with Crippen LogP contribution in [0.4, 0.5) is 13.2 Å². The zero-order valence-corrected chi connectivity index (χ0v) is 10.8. The summed E-state index contributed by atoms with van der Waals surface area (Å²) < 4.78 is 38.3. The second-order valence-electron chi connectivity index (χ2n) is 3.67. The van der Waals surface area contributed by atoms with Crippen molar-refractivity contribution in [3.8, 4) is 0 Å². The molecule has 0 amide bonds. The number of aromatic nitrogens is 2. The van der Waals surface area contributed by atoms with Crippen LogP contribution in [0.3, 0.4) is 0 Å². The van der Waals surface area contributed by atoms with E-state index < -0.39 is 11.7 Å². The first-order chi connectivity index (χ1) is 8.39. The van der Waals surface area contributed by atoms with Crippen LogP contribution in [0, 0.1) is 13.8 Å². The summed E-state index contributed by atoms with van der Waals surface area (Å²) >= 11 is 0. The van der Waals surface area contributed by atoms with Crippen molar-refractivity contribution in [2.24, 2.45) is 0 Å². The second kappa shape index (κ2) is 5.33. The van der Waals surface area contributed by atoms with E-state index in [9.17, 15) is 13.2 Å². The van der Waals surface area contributed by atoms with Crippen molar-refractivity contribution in [2.45, 2.75) is 33.9 Å². The van der Waals surface area contributed by atoms with Gasteiger partial charge in [-0.1, -0.05) is 13.8 Å². The molecule has 1 aromatic carbocycles. The van der Waals surface area contributed by atoms with E-state index in [-0.39, 0.29) is 5.52 Å². The number of hydrogen-bond donors (Lipinski definition) is 0. The van der Waals surface area contributed by atoms with Gasteiger partial charge in [0.1, 0.15) is 6.33 Å². The Hall–Kier alpha value is -1.65. The number of aryl methyl sites for hydroxylation is 2. The van der Waals surface area contributed by atoms with Gasteiger partial charge < -0.3 is 0 Å². The van der Waals surface area contributed by atoms with Crippen molar-refractivity contribution in [3.63, 3.8) is 0 Å². The number of rotatable bonds is 0. The highest BCUT2D eigenvalue weighted by molar-refractivity contribution is 5.84. The van der Waals surface area contributed by atoms with Gasteiger partial charge in [-0.2, -0.15) is 13.2 Å². The summed E-state index contributed by atoms with van der Waals surface area (Å²) in [7, 11) is 0. The normalized spacial score (nSPS) is 11.1. The predicted octanol–water partition coefficient (Wildman–Crippen LogP) is 4.29. The first kappa shape index (κ1) is 14.4. The van der Waals surface area contributed by atoms with E-state index in [1.165, 1.54) is 0 Å². The molecule has 0 aliphatic carbocycles. The van der Waals surface area contributed by atoms with Gasteiger partial charge in [0.2, 0.25) is 0 Å². The zero-order chi connectivity index (χ0) is 13.9. The molecule has 1 aromatic heterocycles. The van der Waals surface area contributed by atoms with Crippen LogP contribution >= 0.6 is 0 Å². The van der Waals surface area contributed by atoms with E-state index in [2.05, 4.69) is 9.97 Å². The van der Waals surface area contributed by atoms with E-state index in [0.717, 1.165) is 12.4 Å². The molecule has 0 aliphatic rings. The van der Waals surface area contributed by atoms with Crippen molar-refractivity contribution in [3.05, 3.63) is 35.3 Å². The lowest BCUT2D eigenvalue weighted by atomic mass is 10.0. The lowest BCUT2D eigenvalue weighted by Crippen LogP contribution is -2.07. The average molecular weight is 256 g/mol. The van der Waals surface area contributed by atoms with Gasteiger partial charge in [-0.3, -0.25) is 0 Å². The van der Waals surface area contributed by atoms with Crippen molar-refractivity contribution >= 4 is 10.9 Å². The fourth-order valence-corrected chi connectivity index (χ4v) is 1.65. The molecule has 18 heavy (non-hydrogen) atoms. The van der Waals surface area contributed by atoms with E-state index in [1.54, 1.807) is 19.9 Å². The summed E-state index contributed by atoms with van der Waals surface area (Å²) in [5.74, 6) is 0. The Morgan fingerprint density at radius 1 is 1.00 bits per heavy atom. The second-order valence-corrected chi connectivity index (χ2v) is 3.67. The number of hydrogen-bond acceptors (Lipinski definition) is 2. The average Bonchev–Trinajstić information content (AvgIpc) is 2.31. The molecule has 0 saturated heterocycles. The Morgan fingerprint density at radius 2 is 1.61 bits per heavy atom. The van der Waals surface area contributed by atoms with E-state index in [1.807, 2.05) is 13.8 Å². The lowest BCUT2D eigenvalue weighted by molar-refractivity contribution is -0.136. The molecular weight excluding hydrogens is 241 g/mol. The van der Waals surface area contributed by atoms with Crippen molar-refractivity contribution in [1.29, 1.82) is 0 Å². The standard InChI is InChI=1S/C11H9F3N2.C2H6/c1-6-3-8-7(2)15-5-16-10(8)9(4-6)11(12,13)14;1-2/h3-5H,1-2H3;1-2H3. The topological polar surface area (TPSA) is 25.8 Å². The van der Waals surface area contributed by atoms with Crippen LogP contribution < -0.4 is 0 Å². The van der Waals surface area contributed by atoms with Crippen LogP contribution in [0.15, 0.2) is 18.5 Å². The highest BCUT2D eigenvalue weighted by Crippen LogP contribution is 2.35. The molecule has 2 nitrogen and oxygen atoms in total. The Kier molecular flexibility index (Phi) is 4.27. The predicted molar refractivity (Wildman–Crippen MR) is 65.4 cm³/mol. The maximum Gasteiger partial charge on any atom is 0.418 e. The summed E-state index contributed by atoms with van der Waals surface area (Å²) in [6, 6.07) is 2.77. The minimum Gasteiger partial charge on any atom is -0.241 e. The largest absolute Gasteiger partial charge is 0.418 e. The molecule has 0 spiro atoms. The van der Waals surface area contributed by atoms with Gasteiger partial charge in [0, 0.05) is 11.1 Å². The van der Waals surface area contributed by atoms with Gasteiger partial charge >= 0.3 is 6.18 Å². The summed E-state index contributed by atoms with van der Waals surface area (Å²) in [5, 5.41) is 0.454. The molecule has 0 aliphatic heterocycles. The third kappa shape index (κ3) is 2.78. The number of fused-ring (bicyclic) bond motifs is 1. The highest BCUT2D eigenvalue weighted by Gasteiger charge is 2.33. The molecule has 0 unspecified atom stereocenters. The van der Waals surface area contributed by atoms with Gasteiger partial charge in [-0.25, -0.2) is 9.97 Å². The molecule has 2 aromatic rings. The maximum atomic E-state index is 12.8. The van der Waals surface area contributed by atoms with Crippen LogP contribution in [-0.4, -0.2) is 9.97 Å². The summed E-state index contributed by atoms with van der Waals surface area (Å²) in [6.45, 7) is 7.30. The van der Waals surface area contributed by atoms with Gasteiger partial charge in [-0.15, -0.1) is 0 Å². The van der Waals surface area contributed by atoms with Crippen LogP contribution in [0.5, 0.6) is 0 Å². The van der Waals surface area contributed by atoms with Crippen LogP contribution in [0.1, 0.15) is 30.7 Å². The summed E-state index contributed by atoms with van der Waals surface area (Å²) in [4.78, 5) is 7.61. The Bertz CT molecular complexity index is 548. The van der Waals surface area contributed by atoms with Gasteiger partial charge in [0.15, 0.2) is 0 Å². The molecule has 2 rings (SSSR count). The molecular formula is C13H15F3N2. The molecule has 0 atom stereocenters. The number of benzene rings is 1. The Morgan fingerprint density at radius 3 is 2.17 bits per heavy atom. The van der Waals surface area contributed by atoms with Crippen LogP contribution in [0.25, 0.3) is 10.9 Å². The van der Waals surface area contributed by atoms with Gasteiger partial charge in [-0.05, 0) is 31.5 Å². The molecule has 0 N–H and O–H groups in total.